The summed E-state index contributed by atoms with van der Waals surface area (Å²) in [5.41, 5.74) is 1.05. The maximum absolute atomic E-state index is 13.1. The van der Waals surface area contributed by atoms with E-state index in [9.17, 15) is 24.1 Å². The van der Waals surface area contributed by atoms with Crippen LogP contribution in [0.5, 0.6) is 0 Å². The van der Waals surface area contributed by atoms with Gasteiger partial charge in [0.15, 0.2) is 0 Å². The molecule has 0 unspecified atom stereocenters. The molecule has 3 aromatic rings. The zero-order chi connectivity index (χ0) is 24.0. The third-order valence-corrected chi connectivity index (χ3v) is 4.87. The van der Waals surface area contributed by atoms with Gasteiger partial charge < -0.3 is 15.5 Å². The van der Waals surface area contributed by atoms with Crippen LogP contribution in [0.2, 0.25) is 0 Å². The molecule has 0 saturated carbocycles. The Morgan fingerprint density at radius 2 is 1.70 bits per heavy atom. The molecular formula is C23H22FN5O4. The fourth-order valence-corrected chi connectivity index (χ4v) is 3.10. The molecule has 3 rings (SSSR count). The minimum Gasteiger partial charge on any atom is -0.350 e. The SMILES string of the molecule is CCN(CC)C(=O)c1ccc(NC(=O)c2ccc([N+](=O)[O-])c(Nc3ccc(F)cc3)c2)cn1. The zero-order valence-electron chi connectivity index (χ0n) is 18.0. The van der Waals surface area contributed by atoms with Crippen molar-refractivity contribution in [3.63, 3.8) is 0 Å². The normalized spacial score (nSPS) is 10.4. The monoisotopic (exact) mass is 451 g/mol. The van der Waals surface area contributed by atoms with E-state index in [4.69, 9.17) is 0 Å². The lowest BCUT2D eigenvalue weighted by Gasteiger charge is -2.18. The van der Waals surface area contributed by atoms with E-state index in [-0.39, 0.29) is 28.5 Å². The molecule has 0 saturated heterocycles. The predicted octanol–water partition coefficient (Wildman–Crippen LogP) is 4.61. The van der Waals surface area contributed by atoms with E-state index < -0.39 is 16.6 Å². The first kappa shape index (κ1) is 23.3. The van der Waals surface area contributed by atoms with Gasteiger partial charge in [0.25, 0.3) is 17.5 Å². The summed E-state index contributed by atoms with van der Waals surface area (Å²) < 4.78 is 13.1. The quantitative estimate of drug-likeness (QED) is 0.382. The van der Waals surface area contributed by atoms with Gasteiger partial charge in [-0.25, -0.2) is 9.37 Å². The Morgan fingerprint density at radius 3 is 2.27 bits per heavy atom. The number of nitrogens with one attached hydrogen (secondary N) is 2. The van der Waals surface area contributed by atoms with Crippen molar-refractivity contribution < 1.29 is 18.9 Å². The Kier molecular flexibility index (Phi) is 7.29. The van der Waals surface area contributed by atoms with E-state index in [0.717, 1.165) is 0 Å². The molecular weight excluding hydrogens is 429 g/mol. The summed E-state index contributed by atoms with van der Waals surface area (Å²) in [5, 5.41) is 16.9. The molecule has 1 aromatic heterocycles. The van der Waals surface area contributed by atoms with Crippen LogP contribution in [0.15, 0.2) is 60.8 Å². The maximum atomic E-state index is 13.1. The summed E-state index contributed by atoms with van der Waals surface area (Å²) in [6.07, 6.45) is 1.37. The molecule has 0 aliphatic carbocycles. The second-order valence-electron chi connectivity index (χ2n) is 6.98. The highest BCUT2D eigenvalue weighted by atomic mass is 19.1. The van der Waals surface area contributed by atoms with Gasteiger partial charge in [0.1, 0.15) is 17.2 Å². The lowest BCUT2D eigenvalue weighted by atomic mass is 10.1. The number of nitro groups is 1. The molecule has 170 valence electrons. The van der Waals surface area contributed by atoms with Gasteiger partial charge in [-0.15, -0.1) is 0 Å². The number of nitrogens with zero attached hydrogens (tertiary/aromatic N) is 3. The number of nitro benzene ring substituents is 1. The summed E-state index contributed by atoms with van der Waals surface area (Å²) >= 11 is 0. The maximum Gasteiger partial charge on any atom is 0.292 e. The predicted molar refractivity (Wildman–Crippen MR) is 122 cm³/mol. The topological polar surface area (TPSA) is 117 Å². The molecule has 0 spiro atoms. The van der Waals surface area contributed by atoms with Crippen LogP contribution < -0.4 is 10.6 Å². The van der Waals surface area contributed by atoms with E-state index in [1.54, 1.807) is 11.0 Å². The van der Waals surface area contributed by atoms with Crippen LogP contribution in [0.25, 0.3) is 0 Å². The highest BCUT2D eigenvalue weighted by molar-refractivity contribution is 6.05. The lowest BCUT2D eigenvalue weighted by molar-refractivity contribution is -0.383. The van der Waals surface area contributed by atoms with Crippen LogP contribution in [0.4, 0.5) is 27.1 Å². The molecule has 0 bridgehead atoms. The number of amides is 2. The molecule has 2 aromatic carbocycles. The molecule has 9 nitrogen and oxygen atoms in total. The van der Waals surface area contributed by atoms with Gasteiger partial charge in [0, 0.05) is 30.4 Å². The number of benzene rings is 2. The minimum atomic E-state index is -0.580. The van der Waals surface area contributed by atoms with E-state index >= 15 is 0 Å². The summed E-state index contributed by atoms with van der Waals surface area (Å²) in [4.78, 5) is 41.6. The number of aromatic nitrogens is 1. The Hall–Kier alpha value is -4.34. The van der Waals surface area contributed by atoms with Crippen LogP contribution in [0.1, 0.15) is 34.7 Å². The summed E-state index contributed by atoms with van der Waals surface area (Å²) in [7, 11) is 0. The third kappa shape index (κ3) is 5.67. The molecule has 2 N–H and O–H groups in total. The van der Waals surface area contributed by atoms with Crippen molar-refractivity contribution in [1.82, 2.24) is 9.88 Å². The lowest BCUT2D eigenvalue weighted by Crippen LogP contribution is -2.31. The molecule has 0 atom stereocenters. The van der Waals surface area contributed by atoms with Crippen LogP contribution in [0, 0.1) is 15.9 Å². The summed E-state index contributed by atoms with van der Waals surface area (Å²) in [6, 6.07) is 12.2. The fourth-order valence-electron chi connectivity index (χ4n) is 3.10. The van der Waals surface area contributed by atoms with Crippen molar-refractivity contribution in [3.8, 4) is 0 Å². The third-order valence-electron chi connectivity index (χ3n) is 4.87. The second-order valence-corrected chi connectivity index (χ2v) is 6.98. The second kappa shape index (κ2) is 10.3. The van der Waals surface area contributed by atoms with Crippen LogP contribution >= 0.6 is 0 Å². The first-order valence-electron chi connectivity index (χ1n) is 10.2. The smallest absolute Gasteiger partial charge is 0.292 e. The van der Waals surface area contributed by atoms with E-state index in [2.05, 4.69) is 15.6 Å². The van der Waals surface area contributed by atoms with Gasteiger partial charge in [-0.2, -0.15) is 0 Å². The van der Waals surface area contributed by atoms with Crippen molar-refractivity contribution in [1.29, 1.82) is 0 Å². The Labute approximate surface area is 189 Å². The number of hydrogen-bond donors (Lipinski definition) is 2. The highest BCUT2D eigenvalue weighted by Crippen LogP contribution is 2.29. The largest absolute Gasteiger partial charge is 0.350 e. The van der Waals surface area contributed by atoms with Crippen LogP contribution in [-0.4, -0.2) is 39.7 Å². The molecule has 2 amide bonds. The van der Waals surface area contributed by atoms with Crippen LogP contribution in [0.3, 0.4) is 0 Å². The fraction of sp³-hybridized carbons (Fsp3) is 0.174. The van der Waals surface area contributed by atoms with Crippen molar-refractivity contribution in [3.05, 3.63) is 88.0 Å². The number of halogens is 1. The average molecular weight is 451 g/mol. The number of anilines is 3. The molecule has 0 aliphatic rings. The summed E-state index contributed by atoms with van der Waals surface area (Å²) in [6.45, 7) is 4.87. The molecule has 0 radical (unpaired) electrons. The zero-order valence-corrected chi connectivity index (χ0v) is 18.0. The first-order chi connectivity index (χ1) is 15.8. The number of hydrogen-bond acceptors (Lipinski definition) is 6. The van der Waals surface area contributed by atoms with Gasteiger partial charge in [0.2, 0.25) is 0 Å². The Bertz CT molecular complexity index is 1160. The minimum absolute atomic E-state index is 0.0811. The van der Waals surface area contributed by atoms with Gasteiger partial charge >= 0.3 is 0 Å². The molecule has 0 fully saturated rings. The summed E-state index contributed by atoms with van der Waals surface area (Å²) in [5.74, 6) is -1.16. The van der Waals surface area contributed by atoms with Crippen molar-refractivity contribution in [2.24, 2.45) is 0 Å². The Balaban J connectivity index is 1.78. The standard InChI is InChI=1S/C23H22FN5O4/c1-3-28(4-2)23(31)19-11-10-18(14-25-19)27-22(30)15-5-12-21(29(32)33)20(13-15)26-17-8-6-16(24)7-9-17/h5-14,26H,3-4H2,1-2H3,(H,27,30). The highest BCUT2D eigenvalue weighted by Gasteiger charge is 2.18. The van der Waals surface area contributed by atoms with Gasteiger partial charge in [-0.1, -0.05) is 0 Å². The number of rotatable bonds is 8. The van der Waals surface area contributed by atoms with Gasteiger partial charge in [0.05, 0.1) is 16.8 Å². The molecule has 10 heteroatoms. The van der Waals surface area contributed by atoms with Crippen LogP contribution in [-0.2, 0) is 0 Å². The Morgan fingerprint density at radius 1 is 1.03 bits per heavy atom. The van der Waals surface area contributed by atoms with Crippen molar-refractivity contribution in [2.75, 3.05) is 23.7 Å². The number of pyridine rings is 1. The molecule has 1 heterocycles. The van der Waals surface area contributed by atoms with Gasteiger partial charge in [-0.05, 0) is 62.4 Å². The average Bonchev–Trinajstić information content (AvgIpc) is 2.81. The first-order valence-corrected chi connectivity index (χ1v) is 10.2. The molecule has 33 heavy (non-hydrogen) atoms. The van der Waals surface area contributed by atoms with Crippen molar-refractivity contribution >= 4 is 34.6 Å². The van der Waals surface area contributed by atoms with E-state index in [0.29, 0.717) is 24.5 Å². The molecule has 0 aliphatic heterocycles. The van der Waals surface area contributed by atoms with E-state index in [1.807, 2.05) is 13.8 Å². The van der Waals surface area contributed by atoms with Crippen molar-refractivity contribution in [2.45, 2.75) is 13.8 Å². The number of carbonyl (C=O) groups is 2. The van der Waals surface area contributed by atoms with E-state index in [1.165, 1.54) is 54.7 Å². The van der Waals surface area contributed by atoms with Gasteiger partial charge in [-0.3, -0.25) is 19.7 Å². The number of carbonyl (C=O) groups excluding carboxylic acids is 2.